The Balaban J connectivity index is 2.19. The summed E-state index contributed by atoms with van der Waals surface area (Å²) in [4.78, 5) is 6.37. The lowest BCUT2D eigenvalue weighted by atomic mass is 9.98. The van der Waals surface area contributed by atoms with Gasteiger partial charge in [-0.1, -0.05) is 11.6 Å². The Morgan fingerprint density at radius 2 is 2.18 bits per heavy atom. The molecular formula is C12H18ClN3O. The van der Waals surface area contributed by atoms with Crippen LogP contribution in [0.3, 0.4) is 0 Å². The van der Waals surface area contributed by atoms with E-state index in [9.17, 15) is 5.11 Å². The number of aliphatic hydroxyl groups is 1. The summed E-state index contributed by atoms with van der Waals surface area (Å²) in [5.41, 5.74) is 5.97. The van der Waals surface area contributed by atoms with Gasteiger partial charge in [-0.3, -0.25) is 0 Å². The Labute approximate surface area is 106 Å². The second-order valence-corrected chi connectivity index (χ2v) is 5.27. The Morgan fingerprint density at radius 3 is 2.94 bits per heavy atom. The van der Waals surface area contributed by atoms with Crippen molar-refractivity contribution >= 4 is 23.1 Å². The van der Waals surface area contributed by atoms with E-state index in [-0.39, 0.29) is 0 Å². The molecule has 0 aromatic carbocycles. The van der Waals surface area contributed by atoms with E-state index in [2.05, 4.69) is 9.88 Å². The van der Waals surface area contributed by atoms with E-state index in [0.29, 0.717) is 10.8 Å². The van der Waals surface area contributed by atoms with E-state index in [0.717, 1.165) is 38.2 Å². The zero-order chi connectivity index (χ0) is 12.5. The SMILES string of the molecule is CC1(O)CCCN(c2nc(Cl)ccc2N)CC1. The average molecular weight is 256 g/mol. The summed E-state index contributed by atoms with van der Waals surface area (Å²) in [5, 5.41) is 10.5. The van der Waals surface area contributed by atoms with Crippen molar-refractivity contribution in [2.24, 2.45) is 0 Å². The minimum Gasteiger partial charge on any atom is -0.396 e. The summed E-state index contributed by atoms with van der Waals surface area (Å²) in [6.45, 7) is 3.49. The highest BCUT2D eigenvalue weighted by Crippen LogP contribution is 2.28. The van der Waals surface area contributed by atoms with E-state index >= 15 is 0 Å². The van der Waals surface area contributed by atoms with Crippen molar-refractivity contribution in [1.82, 2.24) is 4.98 Å². The molecule has 1 saturated heterocycles. The van der Waals surface area contributed by atoms with Crippen molar-refractivity contribution in [3.05, 3.63) is 17.3 Å². The van der Waals surface area contributed by atoms with Gasteiger partial charge < -0.3 is 15.7 Å². The normalized spacial score (nSPS) is 25.7. The van der Waals surface area contributed by atoms with Crippen molar-refractivity contribution in [3.63, 3.8) is 0 Å². The number of hydrogen-bond donors (Lipinski definition) is 2. The fraction of sp³-hybridized carbons (Fsp3) is 0.583. The molecule has 2 heterocycles. The van der Waals surface area contributed by atoms with Crippen LogP contribution in [-0.4, -0.2) is 28.8 Å². The molecule has 1 unspecified atom stereocenters. The molecule has 94 valence electrons. The smallest absolute Gasteiger partial charge is 0.153 e. The van der Waals surface area contributed by atoms with Crippen LogP contribution in [0.4, 0.5) is 11.5 Å². The number of nitrogen functional groups attached to an aromatic ring is 1. The van der Waals surface area contributed by atoms with Gasteiger partial charge in [0, 0.05) is 13.1 Å². The van der Waals surface area contributed by atoms with Crippen LogP contribution in [0.1, 0.15) is 26.2 Å². The molecule has 5 heteroatoms. The molecule has 1 aliphatic rings. The number of aromatic nitrogens is 1. The van der Waals surface area contributed by atoms with Crippen LogP contribution in [-0.2, 0) is 0 Å². The van der Waals surface area contributed by atoms with Crippen LogP contribution in [0, 0.1) is 0 Å². The van der Waals surface area contributed by atoms with Crippen molar-refractivity contribution < 1.29 is 5.11 Å². The van der Waals surface area contributed by atoms with Gasteiger partial charge in [0.15, 0.2) is 5.82 Å². The van der Waals surface area contributed by atoms with E-state index in [4.69, 9.17) is 17.3 Å². The summed E-state index contributed by atoms with van der Waals surface area (Å²) in [7, 11) is 0. The molecule has 3 N–H and O–H groups in total. The van der Waals surface area contributed by atoms with Crippen molar-refractivity contribution in [3.8, 4) is 0 Å². The summed E-state index contributed by atoms with van der Waals surface area (Å²) < 4.78 is 0. The maximum absolute atomic E-state index is 10.0. The summed E-state index contributed by atoms with van der Waals surface area (Å²) in [6, 6.07) is 3.46. The second-order valence-electron chi connectivity index (χ2n) is 4.88. The molecule has 2 rings (SSSR count). The standard InChI is InChI=1S/C12H18ClN3O/c1-12(17)5-2-7-16(8-6-12)11-9(14)3-4-10(13)15-11/h3-4,17H,2,5-8,14H2,1H3. The van der Waals surface area contributed by atoms with Crippen LogP contribution in [0.25, 0.3) is 0 Å². The van der Waals surface area contributed by atoms with E-state index < -0.39 is 5.60 Å². The van der Waals surface area contributed by atoms with Gasteiger partial charge in [0.2, 0.25) is 0 Å². The second kappa shape index (κ2) is 4.70. The highest BCUT2D eigenvalue weighted by Gasteiger charge is 2.26. The van der Waals surface area contributed by atoms with Crippen LogP contribution < -0.4 is 10.6 Å². The first-order valence-electron chi connectivity index (χ1n) is 5.87. The zero-order valence-electron chi connectivity index (χ0n) is 9.99. The Kier molecular flexibility index (Phi) is 3.45. The number of nitrogens with two attached hydrogens (primary N) is 1. The molecule has 17 heavy (non-hydrogen) atoms. The van der Waals surface area contributed by atoms with Crippen molar-refractivity contribution in [1.29, 1.82) is 0 Å². The predicted octanol–water partition coefficient (Wildman–Crippen LogP) is 2.06. The highest BCUT2D eigenvalue weighted by molar-refractivity contribution is 6.29. The Morgan fingerprint density at radius 1 is 1.41 bits per heavy atom. The summed E-state index contributed by atoms with van der Waals surface area (Å²) in [6.07, 6.45) is 2.46. The lowest BCUT2D eigenvalue weighted by Crippen LogP contribution is -2.29. The first kappa shape index (κ1) is 12.5. The molecule has 1 aromatic rings. The Bertz CT molecular complexity index is 409. The minimum atomic E-state index is -0.581. The fourth-order valence-corrected chi connectivity index (χ4v) is 2.31. The highest BCUT2D eigenvalue weighted by atomic mass is 35.5. The van der Waals surface area contributed by atoms with Crippen LogP contribution >= 0.6 is 11.6 Å². The molecular weight excluding hydrogens is 238 g/mol. The molecule has 0 saturated carbocycles. The van der Waals surface area contributed by atoms with Gasteiger partial charge in [-0.2, -0.15) is 0 Å². The van der Waals surface area contributed by atoms with Crippen LogP contribution in [0.2, 0.25) is 5.15 Å². The third-order valence-electron chi connectivity index (χ3n) is 3.23. The molecule has 1 aromatic heterocycles. The molecule has 0 bridgehead atoms. The fourth-order valence-electron chi connectivity index (χ4n) is 2.16. The van der Waals surface area contributed by atoms with Crippen LogP contribution in [0.15, 0.2) is 12.1 Å². The molecule has 0 radical (unpaired) electrons. The van der Waals surface area contributed by atoms with Crippen LogP contribution in [0.5, 0.6) is 0 Å². The molecule has 0 amide bonds. The quantitative estimate of drug-likeness (QED) is 0.754. The van der Waals surface area contributed by atoms with Gasteiger partial charge in [0.1, 0.15) is 5.15 Å². The largest absolute Gasteiger partial charge is 0.396 e. The lowest BCUT2D eigenvalue weighted by molar-refractivity contribution is 0.0481. The van der Waals surface area contributed by atoms with E-state index in [1.54, 1.807) is 12.1 Å². The van der Waals surface area contributed by atoms with Crippen molar-refractivity contribution in [2.75, 3.05) is 23.7 Å². The molecule has 1 atom stereocenters. The van der Waals surface area contributed by atoms with Gasteiger partial charge in [-0.15, -0.1) is 0 Å². The zero-order valence-corrected chi connectivity index (χ0v) is 10.7. The maximum atomic E-state index is 10.0. The number of rotatable bonds is 1. The number of pyridine rings is 1. The predicted molar refractivity (Wildman–Crippen MR) is 70.3 cm³/mol. The number of anilines is 2. The minimum absolute atomic E-state index is 0.449. The van der Waals surface area contributed by atoms with Gasteiger partial charge in [0.05, 0.1) is 11.3 Å². The molecule has 4 nitrogen and oxygen atoms in total. The Hall–Kier alpha value is -1.00. The number of halogens is 1. The molecule has 0 aliphatic carbocycles. The van der Waals surface area contributed by atoms with E-state index in [1.165, 1.54) is 0 Å². The van der Waals surface area contributed by atoms with E-state index in [1.807, 2.05) is 6.92 Å². The van der Waals surface area contributed by atoms with Gasteiger partial charge in [0.25, 0.3) is 0 Å². The van der Waals surface area contributed by atoms with Gasteiger partial charge in [-0.05, 0) is 38.3 Å². The maximum Gasteiger partial charge on any atom is 0.153 e. The lowest BCUT2D eigenvalue weighted by Gasteiger charge is -2.24. The number of nitrogens with zero attached hydrogens (tertiary/aromatic N) is 2. The average Bonchev–Trinajstić information content (AvgIpc) is 2.43. The first-order valence-corrected chi connectivity index (χ1v) is 6.25. The summed E-state index contributed by atoms with van der Waals surface area (Å²) in [5.74, 6) is 0.732. The number of hydrogen-bond acceptors (Lipinski definition) is 4. The summed E-state index contributed by atoms with van der Waals surface area (Å²) >= 11 is 5.89. The molecule has 1 aliphatic heterocycles. The van der Waals surface area contributed by atoms with Gasteiger partial charge in [-0.25, -0.2) is 4.98 Å². The molecule has 0 spiro atoms. The first-order chi connectivity index (χ1) is 7.98. The topological polar surface area (TPSA) is 62.4 Å². The van der Waals surface area contributed by atoms with Gasteiger partial charge >= 0.3 is 0 Å². The van der Waals surface area contributed by atoms with Crippen molar-refractivity contribution in [2.45, 2.75) is 31.8 Å². The third kappa shape index (κ3) is 3.01. The third-order valence-corrected chi connectivity index (χ3v) is 3.45. The molecule has 1 fully saturated rings. The monoisotopic (exact) mass is 255 g/mol.